The van der Waals surface area contributed by atoms with Gasteiger partial charge in [-0.25, -0.2) is 9.97 Å². The molecule has 0 bridgehead atoms. The van der Waals surface area contributed by atoms with Gasteiger partial charge in [0.05, 0.1) is 0 Å². The maximum Gasteiger partial charge on any atom is 0.325 e. The third-order valence-electron chi connectivity index (χ3n) is 3.17. The van der Waals surface area contributed by atoms with Gasteiger partial charge in [-0.15, -0.1) is 0 Å². The lowest BCUT2D eigenvalue weighted by atomic mass is 10.2. The molecule has 21 heavy (non-hydrogen) atoms. The topological polar surface area (TPSA) is 108 Å². The van der Waals surface area contributed by atoms with Crippen LogP contribution < -0.4 is 10.9 Å². The second kappa shape index (κ2) is 5.74. The molecule has 0 aliphatic heterocycles. The molecule has 0 spiro atoms. The summed E-state index contributed by atoms with van der Waals surface area (Å²) in [5, 5.41) is 11.6. The summed E-state index contributed by atoms with van der Waals surface area (Å²) in [5.74, 6) is -0.0747. The normalized spacial score (nSPS) is 12.0. The molecule has 7 heteroatoms. The minimum absolute atomic E-state index is 0.181. The Morgan fingerprint density at radius 2 is 2.10 bits per heavy atom. The Labute approximate surface area is 121 Å². The number of anilines is 1. The van der Waals surface area contributed by atoms with Crippen molar-refractivity contribution >= 4 is 11.8 Å². The highest BCUT2D eigenvalue weighted by Crippen LogP contribution is 2.15. The average molecular weight is 288 g/mol. The van der Waals surface area contributed by atoms with Crippen molar-refractivity contribution in [3.05, 3.63) is 39.9 Å². The van der Waals surface area contributed by atoms with Crippen LogP contribution in [0, 0.1) is 13.8 Å². The number of hydrogen-bond donors (Lipinski definition) is 3. The fourth-order valence-corrected chi connectivity index (χ4v) is 1.68. The molecule has 2 heterocycles. The number of carboxylic acid groups (broad SMARTS) is 1. The summed E-state index contributed by atoms with van der Waals surface area (Å²) in [6, 6.07) is 2.63. The number of aromatic amines is 1. The first kappa shape index (κ1) is 14.7. The first-order valence-corrected chi connectivity index (χ1v) is 6.41. The highest BCUT2D eigenvalue weighted by molar-refractivity contribution is 5.76. The molecule has 1 atom stereocenters. The molecule has 0 aliphatic carbocycles. The molecule has 2 aromatic heterocycles. The monoisotopic (exact) mass is 288 g/mol. The van der Waals surface area contributed by atoms with Crippen molar-refractivity contribution in [1.29, 1.82) is 0 Å². The summed E-state index contributed by atoms with van der Waals surface area (Å²) >= 11 is 0. The second-order valence-electron chi connectivity index (χ2n) is 4.76. The van der Waals surface area contributed by atoms with Gasteiger partial charge in [0.25, 0.3) is 5.56 Å². The van der Waals surface area contributed by atoms with Crippen LogP contribution in [-0.2, 0) is 4.79 Å². The number of carbonyl (C=O) groups is 1. The molecule has 110 valence electrons. The van der Waals surface area contributed by atoms with Crippen molar-refractivity contribution in [2.24, 2.45) is 0 Å². The Hall–Kier alpha value is -2.70. The largest absolute Gasteiger partial charge is 0.480 e. The second-order valence-corrected chi connectivity index (χ2v) is 4.76. The quantitative estimate of drug-likeness (QED) is 0.783. The molecule has 2 rings (SSSR count). The van der Waals surface area contributed by atoms with Crippen LogP contribution in [0.1, 0.15) is 18.2 Å². The molecular formula is C14H16N4O3. The summed E-state index contributed by atoms with van der Waals surface area (Å²) < 4.78 is 0. The van der Waals surface area contributed by atoms with E-state index < -0.39 is 12.0 Å². The van der Waals surface area contributed by atoms with E-state index in [9.17, 15) is 9.59 Å². The molecule has 7 nitrogen and oxygen atoms in total. The van der Waals surface area contributed by atoms with Gasteiger partial charge in [0, 0.05) is 23.0 Å². The fraction of sp³-hybridized carbons (Fsp3) is 0.286. The molecule has 0 aliphatic rings. The van der Waals surface area contributed by atoms with Crippen LogP contribution >= 0.6 is 0 Å². The maximum absolute atomic E-state index is 11.7. The van der Waals surface area contributed by atoms with Crippen LogP contribution in [0.3, 0.4) is 0 Å². The van der Waals surface area contributed by atoms with Gasteiger partial charge >= 0.3 is 5.97 Å². The van der Waals surface area contributed by atoms with Crippen LogP contribution in [0.25, 0.3) is 11.4 Å². The molecule has 0 radical (unpaired) electrons. The van der Waals surface area contributed by atoms with E-state index in [2.05, 4.69) is 20.3 Å². The van der Waals surface area contributed by atoms with Crippen LogP contribution in [0.15, 0.2) is 23.1 Å². The van der Waals surface area contributed by atoms with Crippen molar-refractivity contribution in [2.45, 2.75) is 26.8 Å². The van der Waals surface area contributed by atoms with E-state index in [-0.39, 0.29) is 5.56 Å². The highest BCUT2D eigenvalue weighted by Gasteiger charge is 2.11. The Balaban J connectivity index is 2.27. The van der Waals surface area contributed by atoms with E-state index in [1.807, 2.05) is 0 Å². The highest BCUT2D eigenvalue weighted by atomic mass is 16.4. The number of aromatic nitrogens is 3. The van der Waals surface area contributed by atoms with Crippen molar-refractivity contribution in [3.63, 3.8) is 0 Å². The molecule has 3 N–H and O–H groups in total. The predicted molar refractivity (Wildman–Crippen MR) is 78.3 cm³/mol. The van der Waals surface area contributed by atoms with Gasteiger partial charge in [0.2, 0.25) is 0 Å². The minimum Gasteiger partial charge on any atom is -0.480 e. The summed E-state index contributed by atoms with van der Waals surface area (Å²) in [7, 11) is 0. The number of nitrogens with one attached hydrogen (secondary N) is 2. The molecule has 2 aromatic rings. The zero-order valence-electron chi connectivity index (χ0n) is 12.0. The van der Waals surface area contributed by atoms with Gasteiger partial charge in [-0.05, 0) is 32.9 Å². The molecular weight excluding hydrogens is 272 g/mol. The number of carboxylic acids is 1. The smallest absolute Gasteiger partial charge is 0.325 e. The van der Waals surface area contributed by atoms with Crippen molar-refractivity contribution < 1.29 is 9.90 Å². The van der Waals surface area contributed by atoms with Crippen LogP contribution in [-0.4, -0.2) is 32.1 Å². The maximum atomic E-state index is 11.7. The molecule has 0 unspecified atom stereocenters. The first-order chi connectivity index (χ1) is 9.88. The van der Waals surface area contributed by atoms with E-state index in [1.165, 1.54) is 13.1 Å². The molecule has 0 aromatic carbocycles. The first-order valence-electron chi connectivity index (χ1n) is 6.41. The van der Waals surface area contributed by atoms with Crippen molar-refractivity contribution in [3.8, 4) is 11.4 Å². The van der Waals surface area contributed by atoms with Gasteiger partial charge in [-0.2, -0.15) is 0 Å². The number of H-pyrrole nitrogens is 1. The Morgan fingerprint density at radius 1 is 1.38 bits per heavy atom. The Kier molecular flexibility index (Phi) is 4.02. The van der Waals surface area contributed by atoms with E-state index in [0.717, 1.165) is 0 Å². The fourth-order valence-electron chi connectivity index (χ4n) is 1.68. The van der Waals surface area contributed by atoms with Crippen molar-refractivity contribution in [2.75, 3.05) is 5.32 Å². The number of nitrogens with zero attached hydrogens (tertiary/aromatic N) is 2. The average Bonchev–Trinajstić information content (AvgIpc) is 2.45. The third kappa shape index (κ3) is 3.25. The van der Waals surface area contributed by atoms with Crippen LogP contribution in [0.2, 0.25) is 0 Å². The molecule has 0 saturated carbocycles. The Morgan fingerprint density at radius 3 is 2.62 bits per heavy atom. The van der Waals surface area contributed by atoms with Gasteiger partial charge in [-0.1, -0.05) is 0 Å². The minimum atomic E-state index is -0.957. The lowest BCUT2D eigenvalue weighted by Gasteiger charge is -2.10. The van der Waals surface area contributed by atoms with Gasteiger partial charge in [-0.3, -0.25) is 9.59 Å². The van der Waals surface area contributed by atoms with E-state index in [1.54, 1.807) is 26.0 Å². The molecule has 0 amide bonds. The lowest BCUT2D eigenvalue weighted by Crippen LogP contribution is -2.25. The number of aryl methyl sites for hydroxylation is 1. The van der Waals surface area contributed by atoms with Crippen LogP contribution in [0.5, 0.6) is 0 Å². The number of rotatable bonds is 4. The molecule has 0 saturated heterocycles. The third-order valence-corrected chi connectivity index (χ3v) is 3.17. The zero-order chi connectivity index (χ0) is 15.6. The van der Waals surface area contributed by atoms with Gasteiger partial charge in [0.15, 0.2) is 0 Å². The number of hydrogen-bond acceptors (Lipinski definition) is 5. The SMILES string of the molecule is Cc1nc(-c2ccc(N[C@@H](C)C(=O)O)nc2)[nH]c(=O)c1C. The van der Waals surface area contributed by atoms with E-state index >= 15 is 0 Å². The summed E-state index contributed by atoms with van der Waals surface area (Å²) in [6.45, 7) is 5.01. The van der Waals surface area contributed by atoms with E-state index in [4.69, 9.17) is 5.11 Å². The van der Waals surface area contributed by atoms with Gasteiger partial charge < -0.3 is 15.4 Å². The summed E-state index contributed by atoms with van der Waals surface area (Å²) in [4.78, 5) is 33.6. The van der Waals surface area contributed by atoms with Gasteiger partial charge in [0.1, 0.15) is 17.7 Å². The number of pyridine rings is 1. The van der Waals surface area contributed by atoms with Crippen LogP contribution in [0.4, 0.5) is 5.82 Å². The summed E-state index contributed by atoms with van der Waals surface area (Å²) in [5.41, 5.74) is 1.72. The van der Waals surface area contributed by atoms with E-state index in [0.29, 0.717) is 28.5 Å². The summed E-state index contributed by atoms with van der Waals surface area (Å²) in [6.07, 6.45) is 1.53. The Bertz CT molecular complexity index is 722. The standard InChI is InChI=1S/C14H16N4O3/c1-7-8(2)17-12(18-13(7)19)10-4-5-11(15-6-10)16-9(3)14(20)21/h4-6,9H,1-3H3,(H,15,16)(H,20,21)(H,17,18,19)/t9-/m0/s1. The predicted octanol–water partition coefficient (Wildman–Crippen LogP) is 1.33. The molecule has 0 fully saturated rings. The number of aliphatic carboxylic acids is 1. The lowest BCUT2D eigenvalue weighted by molar-refractivity contribution is -0.137. The zero-order valence-corrected chi connectivity index (χ0v) is 12.0. The van der Waals surface area contributed by atoms with Crippen molar-refractivity contribution in [1.82, 2.24) is 15.0 Å².